The van der Waals surface area contributed by atoms with Gasteiger partial charge in [0.15, 0.2) is 23.6 Å². The normalized spacial score (nSPS) is 19.9. The van der Waals surface area contributed by atoms with Crippen molar-refractivity contribution in [2.75, 3.05) is 44.8 Å². The Hall–Kier alpha value is -3.44. The van der Waals surface area contributed by atoms with Crippen LogP contribution in [0.25, 0.3) is 0 Å². The Morgan fingerprint density at radius 3 is 2.24 bits per heavy atom. The third kappa shape index (κ3) is 5.33. The Kier molecular flexibility index (Phi) is 6.91. The van der Waals surface area contributed by atoms with Crippen molar-refractivity contribution in [2.24, 2.45) is 5.41 Å². The van der Waals surface area contributed by atoms with Gasteiger partial charge in [-0.15, -0.1) is 0 Å². The fourth-order valence-corrected chi connectivity index (χ4v) is 4.60. The highest BCUT2D eigenvalue weighted by molar-refractivity contribution is 6.31. The molecular weight excluding hydrogens is 478 g/mol. The van der Waals surface area contributed by atoms with Crippen LogP contribution in [-0.2, 0) is 14.2 Å². The number of anilines is 1. The molecule has 0 atom stereocenters. The number of carbonyl (C=O) groups is 4. The van der Waals surface area contributed by atoms with Gasteiger partial charge in [-0.05, 0) is 12.1 Å². The summed E-state index contributed by atoms with van der Waals surface area (Å²) in [7, 11) is 0. The molecule has 2 N–H and O–H groups in total. The molecule has 194 valence electrons. The van der Waals surface area contributed by atoms with E-state index in [1.807, 2.05) is 0 Å². The third-order valence-corrected chi connectivity index (χ3v) is 6.54. The highest BCUT2D eigenvalue weighted by Crippen LogP contribution is 2.34. The Morgan fingerprint density at radius 1 is 0.919 bits per heavy atom. The van der Waals surface area contributed by atoms with E-state index in [4.69, 9.17) is 14.2 Å². The van der Waals surface area contributed by atoms with Crippen molar-refractivity contribution in [2.45, 2.75) is 26.6 Å². The van der Waals surface area contributed by atoms with E-state index in [1.54, 1.807) is 29.3 Å². The van der Waals surface area contributed by atoms with Gasteiger partial charge in [-0.3, -0.25) is 19.8 Å². The van der Waals surface area contributed by atoms with Gasteiger partial charge in [0.25, 0.3) is 0 Å². The lowest BCUT2D eigenvalue weighted by Crippen LogP contribution is -2.49. The molecule has 0 unspecified atom stereocenters. The second-order valence-corrected chi connectivity index (χ2v) is 10.2. The van der Waals surface area contributed by atoms with E-state index in [9.17, 15) is 19.2 Å². The number of ketones is 3. The molecule has 0 bridgehead atoms. The molecule has 3 aliphatic rings. The highest BCUT2D eigenvalue weighted by atomic mass is 16.7. The number of hydrogen-bond donors (Lipinski definition) is 2. The van der Waals surface area contributed by atoms with Crippen LogP contribution in [0, 0.1) is 5.41 Å². The molecule has 10 heteroatoms. The largest absolute Gasteiger partial charge is 0.379 e. The van der Waals surface area contributed by atoms with Gasteiger partial charge in [0.05, 0.1) is 44.1 Å². The average molecular weight is 508 g/mol. The van der Waals surface area contributed by atoms with Crippen LogP contribution >= 0.6 is 0 Å². The van der Waals surface area contributed by atoms with Crippen molar-refractivity contribution >= 4 is 29.1 Å². The zero-order chi connectivity index (χ0) is 26.2. The number of hydrogen-bond acceptors (Lipinski definition) is 8. The maximum Gasteiger partial charge on any atom is 0.333 e. The van der Waals surface area contributed by atoms with Crippen molar-refractivity contribution < 1.29 is 33.4 Å². The maximum atomic E-state index is 13.4. The van der Waals surface area contributed by atoms with Crippen molar-refractivity contribution in [1.82, 2.24) is 10.4 Å². The summed E-state index contributed by atoms with van der Waals surface area (Å²) in [4.78, 5) is 51.3. The molecule has 2 amide bonds. The molecule has 10 nitrogen and oxygen atoms in total. The Morgan fingerprint density at radius 2 is 1.57 bits per heavy atom. The molecule has 1 aliphatic carbocycles. The molecular formula is C27H29N3O7. The monoisotopic (exact) mass is 507 g/mol. The summed E-state index contributed by atoms with van der Waals surface area (Å²) in [5, 5.41) is 4.36. The summed E-state index contributed by atoms with van der Waals surface area (Å²) in [6.07, 6.45) is -0.847. The van der Waals surface area contributed by atoms with Crippen LogP contribution in [0.2, 0.25) is 0 Å². The van der Waals surface area contributed by atoms with Crippen LogP contribution in [0.1, 0.15) is 68.8 Å². The molecule has 0 spiro atoms. The summed E-state index contributed by atoms with van der Waals surface area (Å²) >= 11 is 0. The van der Waals surface area contributed by atoms with Gasteiger partial charge < -0.3 is 19.5 Å². The molecule has 2 aliphatic heterocycles. The zero-order valence-electron chi connectivity index (χ0n) is 20.8. The number of nitrogens with one attached hydrogen (secondary N) is 2. The Balaban J connectivity index is 1.35. The molecule has 2 aromatic rings. The number of morpholine rings is 1. The van der Waals surface area contributed by atoms with Crippen LogP contribution in [0.15, 0.2) is 36.4 Å². The van der Waals surface area contributed by atoms with Gasteiger partial charge in [-0.1, -0.05) is 38.1 Å². The minimum atomic E-state index is -0.540. The first kappa shape index (κ1) is 25.2. The SMILES string of the molecule is CC1(C)COC(c2ccc(C(=O)c3ccc(NC(=O)NN4CCOCC4)c4c3C(=O)CC4=O)cc2)OC1. The van der Waals surface area contributed by atoms with Crippen LogP contribution in [0.4, 0.5) is 10.5 Å². The predicted octanol–water partition coefficient (Wildman–Crippen LogP) is 3.13. The van der Waals surface area contributed by atoms with Gasteiger partial charge in [0, 0.05) is 40.8 Å². The fraction of sp³-hybridized carbons (Fsp3) is 0.407. The van der Waals surface area contributed by atoms with Crippen LogP contribution in [0.3, 0.4) is 0 Å². The lowest BCUT2D eigenvalue weighted by atomic mass is 9.93. The van der Waals surface area contributed by atoms with E-state index in [2.05, 4.69) is 24.6 Å². The van der Waals surface area contributed by atoms with Gasteiger partial charge in [-0.2, -0.15) is 0 Å². The summed E-state index contributed by atoms with van der Waals surface area (Å²) in [6.45, 7) is 7.31. The van der Waals surface area contributed by atoms with Gasteiger partial charge in [0.2, 0.25) is 0 Å². The summed E-state index contributed by atoms with van der Waals surface area (Å²) in [5.74, 6) is -1.26. The van der Waals surface area contributed by atoms with Gasteiger partial charge >= 0.3 is 6.03 Å². The molecule has 0 radical (unpaired) electrons. The molecule has 2 heterocycles. The third-order valence-electron chi connectivity index (χ3n) is 6.54. The number of nitrogens with zero attached hydrogens (tertiary/aromatic N) is 1. The lowest BCUT2D eigenvalue weighted by Gasteiger charge is -2.34. The van der Waals surface area contributed by atoms with Crippen LogP contribution in [-0.4, -0.2) is 67.9 Å². The number of amides is 2. The van der Waals surface area contributed by atoms with E-state index in [0.29, 0.717) is 45.1 Å². The smallest absolute Gasteiger partial charge is 0.333 e. The predicted molar refractivity (Wildman–Crippen MR) is 133 cm³/mol. The van der Waals surface area contributed by atoms with E-state index >= 15 is 0 Å². The fourth-order valence-electron chi connectivity index (χ4n) is 4.60. The summed E-state index contributed by atoms with van der Waals surface area (Å²) in [6, 6.07) is 9.25. The second kappa shape index (κ2) is 10.1. The number of hydrazine groups is 1. The first-order valence-electron chi connectivity index (χ1n) is 12.2. The summed E-state index contributed by atoms with van der Waals surface area (Å²) < 4.78 is 16.9. The first-order chi connectivity index (χ1) is 17.7. The standard InChI is InChI=1S/C27H29N3O7/c1-27(2)14-36-25(37-15-27)17-5-3-16(4-6-17)24(33)18-7-8-19(23-21(32)13-20(31)22(18)23)28-26(34)29-30-9-11-35-12-10-30/h3-8,25H,9-15H2,1-2H3,(H2,28,29,34). The number of fused-ring (bicyclic) bond motifs is 1. The van der Waals surface area contributed by atoms with Gasteiger partial charge in [-0.25, -0.2) is 9.80 Å². The number of benzene rings is 2. The number of carbonyl (C=O) groups excluding carboxylic acids is 4. The molecule has 37 heavy (non-hydrogen) atoms. The minimum absolute atomic E-state index is 0.0458. The average Bonchev–Trinajstić information content (AvgIpc) is 3.19. The molecule has 2 fully saturated rings. The van der Waals surface area contributed by atoms with E-state index in [0.717, 1.165) is 5.56 Å². The van der Waals surface area contributed by atoms with Crippen molar-refractivity contribution in [3.8, 4) is 0 Å². The quantitative estimate of drug-likeness (QED) is 0.468. The topological polar surface area (TPSA) is 123 Å². The van der Waals surface area contributed by atoms with Crippen molar-refractivity contribution in [3.63, 3.8) is 0 Å². The molecule has 0 aromatic heterocycles. The minimum Gasteiger partial charge on any atom is -0.379 e. The molecule has 5 rings (SSSR count). The summed E-state index contributed by atoms with van der Waals surface area (Å²) in [5.41, 5.74) is 4.23. The number of rotatable bonds is 5. The van der Waals surface area contributed by atoms with Gasteiger partial charge in [0.1, 0.15) is 0 Å². The van der Waals surface area contributed by atoms with Crippen LogP contribution < -0.4 is 10.7 Å². The first-order valence-corrected chi connectivity index (χ1v) is 12.2. The Bertz CT molecular complexity index is 1240. The van der Waals surface area contributed by atoms with Crippen molar-refractivity contribution in [1.29, 1.82) is 0 Å². The Labute approximate surface area is 214 Å². The number of ether oxygens (including phenoxy) is 3. The van der Waals surface area contributed by atoms with E-state index < -0.39 is 23.9 Å². The van der Waals surface area contributed by atoms with Crippen molar-refractivity contribution in [3.05, 3.63) is 64.2 Å². The van der Waals surface area contributed by atoms with Crippen LogP contribution in [0.5, 0.6) is 0 Å². The van der Waals surface area contributed by atoms with E-state index in [-0.39, 0.29) is 40.0 Å². The highest BCUT2D eigenvalue weighted by Gasteiger charge is 2.35. The lowest BCUT2D eigenvalue weighted by molar-refractivity contribution is -0.226. The number of urea groups is 1. The second-order valence-electron chi connectivity index (χ2n) is 10.2. The molecule has 2 saturated heterocycles. The number of Topliss-reactive ketones (excluding diaryl/α,β-unsaturated/α-hetero) is 2. The molecule has 0 saturated carbocycles. The molecule has 2 aromatic carbocycles. The van der Waals surface area contributed by atoms with E-state index in [1.165, 1.54) is 12.1 Å². The zero-order valence-corrected chi connectivity index (χ0v) is 20.8. The maximum absolute atomic E-state index is 13.4.